The SMILES string of the molecule is CC(CO)O[C@@H]1OC(C(=O)O)[C@H](O)[C@H](O)C1O. The van der Waals surface area contributed by atoms with Gasteiger partial charge in [-0.15, -0.1) is 0 Å². The Kier molecular flexibility index (Phi) is 4.80. The molecule has 1 rings (SSSR count). The fourth-order valence-electron chi connectivity index (χ4n) is 1.44. The maximum Gasteiger partial charge on any atom is 0.335 e. The zero-order chi connectivity index (χ0) is 13.2. The van der Waals surface area contributed by atoms with Crippen LogP contribution >= 0.6 is 0 Å². The smallest absolute Gasteiger partial charge is 0.335 e. The summed E-state index contributed by atoms with van der Waals surface area (Å²) in [4.78, 5) is 10.7. The van der Waals surface area contributed by atoms with Gasteiger partial charge in [-0.25, -0.2) is 4.79 Å². The molecular weight excluding hydrogens is 236 g/mol. The van der Waals surface area contributed by atoms with E-state index in [2.05, 4.69) is 0 Å². The highest BCUT2D eigenvalue weighted by atomic mass is 16.7. The van der Waals surface area contributed by atoms with E-state index in [-0.39, 0.29) is 6.61 Å². The number of hydrogen-bond donors (Lipinski definition) is 5. The molecular formula is C9H16O8. The van der Waals surface area contributed by atoms with E-state index < -0.39 is 42.8 Å². The van der Waals surface area contributed by atoms with Crippen molar-refractivity contribution in [3.63, 3.8) is 0 Å². The topological polar surface area (TPSA) is 137 Å². The Hall–Kier alpha value is -0.770. The summed E-state index contributed by atoms with van der Waals surface area (Å²) in [6.45, 7) is 1.12. The molecule has 1 aliphatic rings. The van der Waals surface area contributed by atoms with Crippen molar-refractivity contribution in [3.8, 4) is 0 Å². The van der Waals surface area contributed by atoms with Gasteiger partial charge in [-0.2, -0.15) is 0 Å². The third kappa shape index (κ3) is 3.12. The van der Waals surface area contributed by atoms with Crippen molar-refractivity contribution in [2.24, 2.45) is 0 Å². The largest absolute Gasteiger partial charge is 0.479 e. The Balaban J connectivity index is 2.74. The standard InChI is InChI=1S/C9H16O8/c1-3(2-10)16-9-6(13)4(11)5(12)7(17-9)8(14)15/h3-7,9-13H,2H2,1H3,(H,14,15)/t3?,4-,5+,6?,7?,9+/m0/s1. The van der Waals surface area contributed by atoms with E-state index in [4.69, 9.17) is 19.7 Å². The molecule has 1 heterocycles. The molecule has 0 radical (unpaired) electrons. The van der Waals surface area contributed by atoms with Crippen molar-refractivity contribution >= 4 is 5.97 Å². The van der Waals surface area contributed by atoms with Gasteiger partial charge in [0.25, 0.3) is 0 Å². The highest BCUT2D eigenvalue weighted by Gasteiger charge is 2.47. The lowest BCUT2D eigenvalue weighted by molar-refractivity contribution is -0.304. The number of carbonyl (C=O) groups is 1. The van der Waals surface area contributed by atoms with Crippen molar-refractivity contribution in [1.82, 2.24) is 0 Å². The van der Waals surface area contributed by atoms with Crippen LogP contribution < -0.4 is 0 Å². The van der Waals surface area contributed by atoms with E-state index in [1.54, 1.807) is 0 Å². The first-order valence-electron chi connectivity index (χ1n) is 5.07. The molecule has 0 aromatic carbocycles. The van der Waals surface area contributed by atoms with Crippen molar-refractivity contribution in [1.29, 1.82) is 0 Å². The van der Waals surface area contributed by atoms with E-state index in [0.29, 0.717) is 0 Å². The van der Waals surface area contributed by atoms with Gasteiger partial charge in [0.15, 0.2) is 12.4 Å². The predicted molar refractivity (Wildman–Crippen MR) is 52.0 cm³/mol. The van der Waals surface area contributed by atoms with Crippen LogP contribution in [-0.4, -0.2) is 74.9 Å². The highest BCUT2D eigenvalue weighted by Crippen LogP contribution is 2.23. The van der Waals surface area contributed by atoms with Crippen LogP contribution in [-0.2, 0) is 14.3 Å². The van der Waals surface area contributed by atoms with Crippen LogP contribution in [0.4, 0.5) is 0 Å². The van der Waals surface area contributed by atoms with Gasteiger partial charge in [0.1, 0.15) is 18.3 Å². The quantitative estimate of drug-likeness (QED) is 0.364. The zero-order valence-corrected chi connectivity index (χ0v) is 9.13. The lowest BCUT2D eigenvalue weighted by atomic mass is 9.99. The molecule has 0 aliphatic carbocycles. The summed E-state index contributed by atoms with van der Waals surface area (Å²) < 4.78 is 9.82. The summed E-state index contributed by atoms with van der Waals surface area (Å²) in [5, 5.41) is 45.8. The molecule has 6 atom stereocenters. The molecule has 1 saturated heterocycles. The first-order valence-corrected chi connectivity index (χ1v) is 5.07. The molecule has 0 spiro atoms. The predicted octanol–water partition coefficient (Wildman–Crippen LogP) is -2.72. The number of hydrogen-bond acceptors (Lipinski definition) is 7. The summed E-state index contributed by atoms with van der Waals surface area (Å²) in [6, 6.07) is 0. The molecule has 0 amide bonds. The molecule has 0 aromatic rings. The number of aliphatic carboxylic acids is 1. The van der Waals surface area contributed by atoms with Crippen LogP contribution in [0.15, 0.2) is 0 Å². The van der Waals surface area contributed by atoms with Gasteiger partial charge in [-0.1, -0.05) is 0 Å². The molecule has 1 aliphatic heterocycles. The summed E-state index contributed by atoms with van der Waals surface area (Å²) in [5.74, 6) is -1.48. The first kappa shape index (κ1) is 14.3. The second-order valence-electron chi connectivity index (χ2n) is 3.86. The van der Waals surface area contributed by atoms with Crippen LogP contribution in [0, 0.1) is 0 Å². The van der Waals surface area contributed by atoms with Crippen molar-refractivity contribution < 1.29 is 39.8 Å². The number of aliphatic hydroxyl groups excluding tert-OH is 4. The van der Waals surface area contributed by atoms with Gasteiger partial charge < -0.3 is 35.0 Å². The molecule has 0 aromatic heterocycles. The van der Waals surface area contributed by atoms with E-state index in [1.807, 2.05) is 0 Å². The highest BCUT2D eigenvalue weighted by molar-refractivity contribution is 5.73. The minimum Gasteiger partial charge on any atom is -0.479 e. The monoisotopic (exact) mass is 252 g/mol. The number of carboxylic acid groups (broad SMARTS) is 1. The summed E-state index contributed by atoms with van der Waals surface area (Å²) in [7, 11) is 0. The van der Waals surface area contributed by atoms with E-state index in [0.717, 1.165) is 0 Å². The fourth-order valence-corrected chi connectivity index (χ4v) is 1.44. The van der Waals surface area contributed by atoms with Gasteiger partial charge in [0.2, 0.25) is 0 Å². The molecule has 17 heavy (non-hydrogen) atoms. The molecule has 3 unspecified atom stereocenters. The first-order chi connectivity index (χ1) is 7.88. The van der Waals surface area contributed by atoms with Gasteiger partial charge in [0.05, 0.1) is 12.7 Å². The third-order valence-corrected chi connectivity index (χ3v) is 2.44. The third-order valence-electron chi connectivity index (χ3n) is 2.44. The van der Waals surface area contributed by atoms with Crippen molar-refractivity contribution in [2.45, 2.75) is 43.7 Å². The molecule has 0 saturated carbocycles. The number of aliphatic hydroxyl groups is 4. The Morgan fingerprint density at radius 2 is 1.88 bits per heavy atom. The Morgan fingerprint density at radius 3 is 2.35 bits per heavy atom. The average Bonchev–Trinajstić information content (AvgIpc) is 2.29. The second kappa shape index (κ2) is 5.71. The Labute approximate surface area is 97.0 Å². The van der Waals surface area contributed by atoms with Crippen LogP contribution in [0.25, 0.3) is 0 Å². The molecule has 5 N–H and O–H groups in total. The minimum absolute atomic E-state index is 0.358. The molecule has 8 nitrogen and oxygen atoms in total. The number of rotatable bonds is 4. The minimum atomic E-state index is -1.74. The molecule has 0 bridgehead atoms. The average molecular weight is 252 g/mol. The molecule has 8 heteroatoms. The Morgan fingerprint density at radius 1 is 1.29 bits per heavy atom. The summed E-state index contributed by atoms with van der Waals surface area (Å²) >= 11 is 0. The van der Waals surface area contributed by atoms with Gasteiger partial charge in [-0.3, -0.25) is 0 Å². The fraction of sp³-hybridized carbons (Fsp3) is 0.889. The Bertz CT molecular complexity index is 270. The maximum atomic E-state index is 10.7. The normalized spacial score (nSPS) is 39.9. The van der Waals surface area contributed by atoms with Gasteiger partial charge >= 0.3 is 5.97 Å². The summed E-state index contributed by atoms with van der Waals surface area (Å²) in [5.41, 5.74) is 0. The molecule has 100 valence electrons. The van der Waals surface area contributed by atoms with E-state index >= 15 is 0 Å². The van der Waals surface area contributed by atoms with E-state index in [1.165, 1.54) is 6.92 Å². The lowest BCUT2D eigenvalue weighted by Gasteiger charge is -2.39. The second-order valence-corrected chi connectivity index (χ2v) is 3.86. The lowest BCUT2D eigenvalue weighted by Crippen LogP contribution is -2.60. The number of ether oxygens (including phenoxy) is 2. The van der Waals surface area contributed by atoms with E-state index in [9.17, 15) is 20.1 Å². The van der Waals surface area contributed by atoms with Crippen LogP contribution in [0.5, 0.6) is 0 Å². The van der Waals surface area contributed by atoms with Crippen LogP contribution in [0.3, 0.4) is 0 Å². The van der Waals surface area contributed by atoms with Crippen LogP contribution in [0.1, 0.15) is 6.92 Å². The zero-order valence-electron chi connectivity index (χ0n) is 9.13. The van der Waals surface area contributed by atoms with Gasteiger partial charge in [0, 0.05) is 0 Å². The molecule has 1 fully saturated rings. The van der Waals surface area contributed by atoms with Crippen LogP contribution in [0.2, 0.25) is 0 Å². The summed E-state index contributed by atoms with van der Waals surface area (Å²) in [6.07, 6.45) is -8.84. The van der Waals surface area contributed by atoms with Crippen molar-refractivity contribution in [3.05, 3.63) is 0 Å². The number of carboxylic acids is 1. The van der Waals surface area contributed by atoms with Gasteiger partial charge in [-0.05, 0) is 6.92 Å². The maximum absolute atomic E-state index is 10.7. The van der Waals surface area contributed by atoms with Crippen molar-refractivity contribution in [2.75, 3.05) is 6.61 Å².